The molecule has 1 saturated heterocycles. The highest BCUT2D eigenvalue weighted by Crippen LogP contribution is 2.40. The zero-order valence-electron chi connectivity index (χ0n) is 13.1. The molecule has 10 heteroatoms. The average molecular weight is 348 g/mol. The number of esters is 1. The normalized spacial score (nSPS) is 22.6. The predicted octanol–water partition coefficient (Wildman–Crippen LogP) is 1.13. The first-order valence-corrected chi connectivity index (χ1v) is 7.44. The van der Waals surface area contributed by atoms with Gasteiger partial charge in [0.1, 0.15) is 5.82 Å². The molecule has 9 nitrogen and oxygen atoms in total. The van der Waals surface area contributed by atoms with Gasteiger partial charge in [-0.2, -0.15) is 0 Å². The fourth-order valence-corrected chi connectivity index (χ4v) is 2.89. The fraction of sp³-hybridized carbons (Fsp3) is 0.333. The number of hydrogen-bond acceptors (Lipinski definition) is 7. The number of hydrogen-bond donors (Lipinski definition) is 0. The molecule has 1 fully saturated rings. The summed E-state index contributed by atoms with van der Waals surface area (Å²) in [6, 6.07) is 4.74. The summed E-state index contributed by atoms with van der Waals surface area (Å²) in [4.78, 5) is 49.0. The molecule has 0 unspecified atom stereocenters. The van der Waals surface area contributed by atoms with Crippen LogP contribution in [0.3, 0.4) is 0 Å². The first kappa shape index (κ1) is 16.7. The number of anilines is 1. The molecule has 0 bridgehead atoms. The maximum atomic E-state index is 13.1. The molecule has 130 valence electrons. The van der Waals surface area contributed by atoms with Crippen LogP contribution in [-0.4, -0.2) is 40.8 Å². The molecule has 2 aliphatic heterocycles. The molecule has 1 spiro atoms. The summed E-state index contributed by atoms with van der Waals surface area (Å²) >= 11 is 0. The van der Waals surface area contributed by atoms with E-state index < -0.39 is 29.1 Å². The van der Waals surface area contributed by atoms with Gasteiger partial charge in [0.2, 0.25) is 5.91 Å². The van der Waals surface area contributed by atoms with E-state index in [0.717, 1.165) is 17.0 Å². The van der Waals surface area contributed by atoms with Crippen LogP contribution in [-0.2, 0) is 19.1 Å². The van der Waals surface area contributed by atoms with E-state index in [2.05, 4.69) is 10.4 Å². The Labute approximate surface area is 141 Å². The highest BCUT2D eigenvalue weighted by atomic mass is 19.1. The summed E-state index contributed by atoms with van der Waals surface area (Å²) < 4.78 is 17.9. The van der Waals surface area contributed by atoms with Crippen molar-refractivity contribution in [2.45, 2.75) is 25.3 Å². The van der Waals surface area contributed by atoms with Gasteiger partial charge in [-0.05, 0) is 31.2 Å². The standard InChI is InChI=1S/C15H13FN4O5/c1-2-25-13(22)11-7-15(20(17-11)18-24)8-12(21)19(14(15)23)10-5-3-9(16)4-6-10/h3-6H,2,7-8H2,1H3/t15-/m1/s1. The quantitative estimate of drug-likeness (QED) is 0.458. The second-order valence-electron chi connectivity index (χ2n) is 5.53. The SMILES string of the molecule is CCOC(=O)C1=NN(N=O)[C@@]2(CC(=O)N(c3ccc(F)cc3)C2=O)C1. The van der Waals surface area contributed by atoms with Crippen LogP contribution in [0.1, 0.15) is 19.8 Å². The number of benzene rings is 1. The zero-order valence-corrected chi connectivity index (χ0v) is 13.1. The minimum atomic E-state index is -1.70. The molecule has 0 aromatic heterocycles. The lowest BCUT2D eigenvalue weighted by molar-refractivity contribution is -0.135. The summed E-state index contributed by atoms with van der Waals surface area (Å²) in [5, 5.41) is 6.94. The fourth-order valence-electron chi connectivity index (χ4n) is 2.89. The number of carbonyl (C=O) groups is 3. The van der Waals surface area contributed by atoms with Crippen molar-refractivity contribution in [2.75, 3.05) is 11.5 Å². The molecule has 0 radical (unpaired) electrons. The smallest absolute Gasteiger partial charge is 0.354 e. The van der Waals surface area contributed by atoms with Crippen LogP contribution < -0.4 is 4.90 Å². The van der Waals surface area contributed by atoms with Crippen molar-refractivity contribution in [2.24, 2.45) is 10.4 Å². The van der Waals surface area contributed by atoms with E-state index in [4.69, 9.17) is 4.74 Å². The van der Waals surface area contributed by atoms with Crippen molar-refractivity contribution in [1.82, 2.24) is 5.12 Å². The van der Waals surface area contributed by atoms with E-state index in [1.54, 1.807) is 6.92 Å². The lowest BCUT2D eigenvalue weighted by Crippen LogP contribution is -2.48. The third-order valence-corrected chi connectivity index (χ3v) is 4.03. The van der Waals surface area contributed by atoms with E-state index >= 15 is 0 Å². The Kier molecular flexibility index (Phi) is 4.03. The van der Waals surface area contributed by atoms with E-state index in [1.165, 1.54) is 12.1 Å². The molecule has 0 N–H and O–H groups in total. The van der Waals surface area contributed by atoms with Gasteiger partial charge in [0.25, 0.3) is 5.91 Å². The molecule has 25 heavy (non-hydrogen) atoms. The molecule has 1 atom stereocenters. The first-order chi connectivity index (χ1) is 11.9. The molecular weight excluding hydrogens is 335 g/mol. The van der Waals surface area contributed by atoms with E-state index in [9.17, 15) is 23.7 Å². The molecule has 3 rings (SSSR count). The van der Waals surface area contributed by atoms with Crippen molar-refractivity contribution >= 4 is 29.2 Å². The van der Waals surface area contributed by atoms with Crippen molar-refractivity contribution in [1.29, 1.82) is 0 Å². The van der Waals surface area contributed by atoms with Gasteiger partial charge in [-0.15, -0.1) is 15.1 Å². The van der Waals surface area contributed by atoms with Crippen molar-refractivity contribution in [3.05, 3.63) is 35.0 Å². The lowest BCUT2D eigenvalue weighted by atomic mass is 9.92. The minimum Gasteiger partial charge on any atom is -0.461 e. The Morgan fingerprint density at radius 2 is 2.00 bits per heavy atom. The number of amides is 2. The van der Waals surface area contributed by atoms with Gasteiger partial charge in [-0.25, -0.2) is 14.1 Å². The Morgan fingerprint density at radius 3 is 2.60 bits per heavy atom. The van der Waals surface area contributed by atoms with Crippen LogP contribution in [0.2, 0.25) is 0 Å². The van der Waals surface area contributed by atoms with Crippen LogP contribution in [0, 0.1) is 10.7 Å². The Bertz CT molecular complexity index is 794. The van der Waals surface area contributed by atoms with Crippen LogP contribution in [0.4, 0.5) is 10.1 Å². The average Bonchev–Trinajstić information content (AvgIpc) is 3.07. The molecule has 1 aromatic rings. The molecule has 2 aliphatic rings. The van der Waals surface area contributed by atoms with Gasteiger partial charge >= 0.3 is 5.97 Å². The maximum Gasteiger partial charge on any atom is 0.354 e. The molecule has 0 aliphatic carbocycles. The van der Waals surface area contributed by atoms with Gasteiger partial charge in [0.05, 0.1) is 24.0 Å². The second kappa shape index (κ2) is 6.04. The second-order valence-corrected chi connectivity index (χ2v) is 5.53. The van der Waals surface area contributed by atoms with Gasteiger partial charge in [0, 0.05) is 6.42 Å². The summed E-state index contributed by atoms with van der Waals surface area (Å²) in [6.45, 7) is 1.69. The Hall–Kier alpha value is -3.17. The topological polar surface area (TPSA) is 109 Å². The van der Waals surface area contributed by atoms with Crippen molar-refractivity contribution in [3.63, 3.8) is 0 Å². The van der Waals surface area contributed by atoms with Crippen LogP contribution in [0.15, 0.2) is 34.7 Å². The third kappa shape index (κ3) is 2.55. The molecule has 0 saturated carbocycles. The first-order valence-electron chi connectivity index (χ1n) is 7.44. The largest absolute Gasteiger partial charge is 0.461 e. The number of rotatable bonds is 4. The summed E-state index contributed by atoms with van der Waals surface area (Å²) in [5.74, 6) is -2.67. The van der Waals surface area contributed by atoms with E-state index in [0.29, 0.717) is 5.12 Å². The van der Waals surface area contributed by atoms with E-state index in [-0.39, 0.29) is 30.8 Å². The monoisotopic (exact) mass is 348 g/mol. The van der Waals surface area contributed by atoms with Crippen molar-refractivity contribution in [3.8, 4) is 0 Å². The number of carbonyl (C=O) groups excluding carboxylic acids is 3. The molecule has 1 aromatic carbocycles. The minimum absolute atomic E-state index is 0.0912. The number of imide groups is 1. The highest BCUT2D eigenvalue weighted by molar-refractivity contribution is 6.39. The van der Waals surface area contributed by atoms with Crippen molar-refractivity contribution < 1.29 is 23.5 Å². The van der Waals surface area contributed by atoms with E-state index in [1.807, 2.05) is 0 Å². The third-order valence-electron chi connectivity index (χ3n) is 4.03. The zero-order chi connectivity index (χ0) is 18.2. The maximum absolute atomic E-state index is 13.1. The molecule has 2 heterocycles. The Balaban J connectivity index is 1.94. The van der Waals surface area contributed by atoms with Crippen LogP contribution in [0.25, 0.3) is 0 Å². The van der Waals surface area contributed by atoms with Gasteiger partial charge < -0.3 is 4.74 Å². The summed E-state index contributed by atoms with van der Waals surface area (Å²) in [5.41, 5.74) is -1.71. The number of halogens is 1. The predicted molar refractivity (Wildman–Crippen MR) is 82.6 cm³/mol. The molecule has 2 amide bonds. The van der Waals surface area contributed by atoms with Crippen LogP contribution >= 0.6 is 0 Å². The van der Waals surface area contributed by atoms with Gasteiger partial charge in [0.15, 0.2) is 11.3 Å². The number of nitrogens with zero attached hydrogens (tertiary/aromatic N) is 4. The highest BCUT2D eigenvalue weighted by Gasteiger charge is 2.61. The molecular formula is C15H13FN4O5. The number of ether oxygens (including phenoxy) is 1. The van der Waals surface area contributed by atoms with Gasteiger partial charge in [-0.3, -0.25) is 9.59 Å². The van der Waals surface area contributed by atoms with Gasteiger partial charge in [-0.1, -0.05) is 0 Å². The number of nitroso groups, excluding NO2 is 1. The Morgan fingerprint density at radius 1 is 1.32 bits per heavy atom. The van der Waals surface area contributed by atoms with Crippen LogP contribution in [0.5, 0.6) is 0 Å². The number of hydrazone groups is 1. The summed E-state index contributed by atoms with van der Waals surface area (Å²) in [6.07, 6.45) is -0.665. The lowest BCUT2D eigenvalue weighted by Gasteiger charge is -2.24. The summed E-state index contributed by atoms with van der Waals surface area (Å²) in [7, 11) is 0.